The highest BCUT2D eigenvalue weighted by Crippen LogP contribution is 2.10. The monoisotopic (exact) mass is 277 g/mol. The smallest absolute Gasteiger partial charge is 0.320 e. The van der Waals surface area contributed by atoms with E-state index in [-0.39, 0.29) is 6.54 Å². The summed E-state index contributed by atoms with van der Waals surface area (Å²) in [6.45, 7) is 0.149. The lowest BCUT2D eigenvalue weighted by Gasteiger charge is -2.04. The Bertz CT molecular complexity index is 501. The van der Waals surface area contributed by atoms with Gasteiger partial charge in [0.1, 0.15) is 0 Å². The van der Waals surface area contributed by atoms with Crippen molar-refractivity contribution in [2.45, 2.75) is 6.42 Å². The van der Waals surface area contributed by atoms with Crippen LogP contribution in [0.5, 0.6) is 0 Å². The number of sulfonamides is 1. The van der Waals surface area contributed by atoms with Crippen LogP contribution in [0.2, 0.25) is 5.02 Å². The van der Waals surface area contributed by atoms with Crippen molar-refractivity contribution in [3.8, 4) is 0 Å². The first kappa shape index (κ1) is 14.0. The Morgan fingerprint density at radius 1 is 1.41 bits per heavy atom. The lowest BCUT2D eigenvalue weighted by atomic mass is 10.2. The number of halogens is 1. The minimum Gasteiger partial charge on any atom is -0.480 e. The van der Waals surface area contributed by atoms with Gasteiger partial charge in [-0.2, -0.15) is 0 Å². The molecule has 0 aliphatic carbocycles. The molecule has 0 heterocycles. The fourth-order valence-corrected chi connectivity index (χ4v) is 2.31. The number of carbonyl (C=O) groups is 1. The van der Waals surface area contributed by atoms with E-state index in [1.54, 1.807) is 18.2 Å². The first-order chi connectivity index (χ1) is 7.89. The van der Waals surface area contributed by atoms with Crippen molar-refractivity contribution in [3.05, 3.63) is 34.9 Å². The highest BCUT2D eigenvalue weighted by molar-refractivity contribution is 7.90. The molecule has 0 spiro atoms. The summed E-state index contributed by atoms with van der Waals surface area (Å²) >= 11 is 5.77. The highest BCUT2D eigenvalue weighted by Gasteiger charge is 2.14. The maximum Gasteiger partial charge on any atom is 0.320 e. The minimum atomic E-state index is -3.74. The van der Waals surface area contributed by atoms with Gasteiger partial charge in [-0.1, -0.05) is 23.7 Å². The fourth-order valence-electron chi connectivity index (χ4n) is 1.26. The number of benzene rings is 1. The molecular weight excluding hydrogens is 266 g/mol. The van der Waals surface area contributed by atoms with Gasteiger partial charge < -0.3 is 5.11 Å². The van der Waals surface area contributed by atoms with Crippen LogP contribution in [0, 0.1) is 0 Å². The Morgan fingerprint density at radius 3 is 2.71 bits per heavy atom. The van der Waals surface area contributed by atoms with Crippen LogP contribution in [0.3, 0.4) is 0 Å². The van der Waals surface area contributed by atoms with E-state index >= 15 is 0 Å². The van der Waals surface area contributed by atoms with Gasteiger partial charge in [-0.05, 0) is 24.1 Å². The topological polar surface area (TPSA) is 83.5 Å². The zero-order valence-corrected chi connectivity index (χ0v) is 10.5. The second-order valence-corrected chi connectivity index (χ2v) is 5.67. The first-order valence-corrected chi connectivity index (χ1v) is 6.86. The van der Waals surface area contributed by atoms with Gasteiger partial charge >= 0.3 is 5.97 Å². The van der Waals surface area contributed by atoms with Crippen LogP contribution in [-0.2, 0) is 21.2 Å². The van der Waals surface area contributed by atoms with Gasteiger partial charge in [-0.15, -0.1) is 0 Å². The summed E-state index contributed by atoms with van der Waals surface area (Å²) in [6, 6.07) is 7.04. The van der Waals surface area contributed by atoms with Gasteiger partial charge in [0.25, 0.3) is 0 Å². The van der Waals surface area contributed by atoms with Crippen molar-refractivity contribution in [3.63, 3.8) is 0 Å². The molecule has 0 saturated carbocycles. The summed E-state index contributed by atoms with van der Waals surface area (Å²) in [6.07, 6.45) is 0.458. The average molecular weight is 278 g/mol. The highest BCUT2D eigenvalue weighted by atomic mass is 35.5. The number of hydrogen-bond donors (Lipinski definition) is 2. The molecular formula is C10H12ClNO4S. The summed E-state index contributed by atoms with van der Waals surface area (Å²) in [5.74, 6) is -2.29. The van der Waals surface area contributed by atoms with Crippen LogP contribution < -0.4 is 4.72 Å². The Hall–Kier alpha value is -1.11. The van der Waals surface area contributed by atoms with E-state index in [2.05, 4.69) is 4.72 Å². The Balaban J connectivity index is 2.45. The van der Waals surface area contributed by atoms with Crippen LogP contribution in [-0.4, -0.2) is 31.8 Å². The molecule has 0 radical (unpaired) electrons. The summed E-state index contributed by atoms with van der Waals surface area (Å²) in [5.41, 5.74) is 0.885. The minimum absolute atomic E-state index is 0.149. The largest absolute Gasteiger partial charge is 0.480 e. The standard InChI is InChI=1S/C10H12ClNO4S/c11-9-3-1-2-8(6-9)4-5-12-17(15,16)7-10(13)14/h1-3,6,12H,4-5,7H2,(H,13,14). The molecule has 0 amide bonds. The normalized spacial score (nSPS) is 11.4. The van der Waals surface area contributed by atoms with Gasteiger partial charge in [0.2, 0.25) is 10.0 Å². The number of rotatable bonds is 6. The Morgan fingerprint density at radius 2 is 2.12 bits per heavy atom. The Kier molecular flexibility index (Phi) is 4.92. The molecule has 0 aromatic heterocycles. The quantitative estimate of drug-likeness (QED) is 0.809. The maximum absolute atomic E-state index is 11.2. The summed E-state index contributed by atoms with van der Waals surface area (Å²) in [5, 5.41) is 8.94. The molecule has 0 unspecified atom stereocenters. The molecule has 0 aliphatic rings. The van der Waals surface area contributed by atoms with E-state index in [9.17, 15) is 13.2 Å². The molecule has 94 valence electrons. The third-order valence-corrected chi connectivity index (χ3v) is 3.44. The second-order valence-electron chi connectivity index (χ2n) is 3.43. The molecule has 5 nitrogen and oxygen atoms in total. The molecule has 1 aromatic rings. The van der Waals surface area contributed by atoms with E-state index in [0.717, 1.165) is 5.56 Å². The van der Waals surface area contributed by atoms with Crippen molar-refractivity contribution in [2.24, 2.45) is 0 Å². The van der Waals surface area contributed by atoms with Crippen molar-refractivity contribution < 1.29 is 18.3 Å². The van der Waals surface area contributed by atoms with E-state index in [4.69, 9.17) is 16.7 Å². The summed E-state index contributed by atoms with van der Waals surface area (Å²) in [4.78, 5) is 10.3. The predicted molar refractivity (Wildman–Crippen MR) is 64.6 cm³/mol. The molecule has 2 N–H and O–H groups in total. The molecule has 0 fully saturated rings. The zero-order valence-electron chi connectivity index (χ0n) is 8.89. The third-order valence-electron chi connectivity index (χ3n) is 1.94. The molecule has 0 saturated heterocycles. The fraction of sp³-hybridized carbons (Fsp3) is 0.300. The number of carboxylic acid groups (broad SMARTS) is 1. The van der Waals surface area contributed by atoms with Crippen LogP contribution >= 0.6 is 11.6 Å². The lowest BCUT2D eigenvalue weighted by molar-refractivity contribution is -0.134. The lowest BCUT2D eigenvalue weighted by Crippen LogP contribution is -2.31. The predicted octanol–water partition coefficient (Wildman–Crippen LogP) is 0.887. The zero-order chi connectivity index (χ0) is 12.9. The Labute approximate surface area is 104 Å². The van der Waals surface area contributed by atoms with Crippen molar-refractivity contribution >= 4 is 27.6 Å². The van der Waals surface area contributed by atoms with Crippen LogP contribution in [0.4, 0.5) is 0 Å². The van der Waals surface area contributed by atoms with Crippen LogP contribution in [0.15, 0.2) is 24.3 Å². The van der Waals surface area contributed by atoms with Crippen LogP contribution in [0.1, 0.15) is 5.56 Å². The van der Waals surface area contributed by atoms with E-state index in [1.165, 1.54) is 0 Å². The van der Waals surface area contributed by atoms with Crippen molar-refractivity contribution in [1.29, 1.82) is 0 Å². The number of carboxylic acids is 1. The molecule has 0 atom stereocenters. The second kappa shape index (κ2) is 6.00. The SMILES string of the molecule is O=C(O)CS(=O)(=O)NCCc1cccc(Cl)c1. The van der Waals surface area contributed by atoms with Gasteiger partial charge in [0.15, 0.2) is 5.75 Å². The first-order valence-electron chi connectivity index (χ1n) is 4.82. The van der Waals surface area contributed by atoms with Gasteiger partial charge in [-0.25, -0.2) is 13.1 Å². The molecule has 0 aliphatic heterocycles. The maximum atomic E-state index is 11.2. The number of aliphatic carboxylic acids is 1. The van der Waals surface area contributed by atoms with Gasteiger partial charge in [-0.3, -0.25) is 4.79 Å². The molecule has 7 heteroatoms. The number of nitrogens with one attached hydrogen (secondary N) is 1. The average Bonchev–Trinajstić information content (AvgIpc) is 2.15. The van der Waals surface area contributed by atoms with E-state index in [1.807, 2.05) is 6.07 Å². The van der Waals surface area contributed by atoms with Gasteiger partial charge in [0.05, 0.1) is 0 Å². The number of hydrogen-bond acceptors (Lipinski definition) is 3. The van der Waals surface area contributed by atoms with E-state index < -0.39 is 21.7 Å². The molecule has 1 rings (SSSR count). The molecule has 0 bridgehead atoms. The molecule has 17 heavy (non-hydrogen) atoms. The molecule has 1 aromatic carbocycles. The van der Waals surface area contributed by atoms with Crippen molar-refractivity contribution in [2.75, 3.05) is 12.3 Å². The van der Waals surface area contributed by atoms with Gasteiger partial charge in [0, 0.05) is 11.6 Å². The van der Waals surface area contributed by atoms with Crippen molar-refractivity contribution in [1.82, 2.24) is 4.72 Å². The summed E-state index contributed by atoms with van der Waals surface area (Å²) in [7, 11) is -3.74. The third kappa shape index (κ3) is 5.67. The van der Waals surface area contributed by atoms with Crippen LogP contribution in [0.25, 0.3) is 0 Å². The van der Waals surface area contributed by atoms with E-state index in [0.29, 0.717) is 11.4 Å². The summed E-state index contributed by atoms with van der Waals surface area (Å²) < 4.78 is 24.6.